The van der Waals surface area contributed by atoms with Crippen molar-refractivity contribution in [3.63, 3.8) is 0 Å². The van der Waals surface area contributed by atoms with Gasteiger partial charge in [0.05, 0.1) is 0 Å². The highest BCUT2D eigenvalue weighted by molar-refractivity contribution is 5.41. The number of anilines is 1. The topological polar surface area (TPSA) is 24.9 Å². The van der Waals surface area contributed by atoms with Crippen LogP contribution in [-0.4, -0.2) is 11.0 Å². The number of pyridine rings is 1. The first-order valence-corrected chi connectivity index (χ1v) is 5.85. The van der Waals surface area contributed by atoms with E-state index in [9.17, 15) is 0 Å². The molecule has 0 bridgehead atoms. The predicted molar refractivity (Wildman–Crippen MR) is 66.0 cm³/mol. The third-order valence-electron chi connectivity index (χ3n) is 2.51. The van der Waals surface area contributed by atoms with Crippen LogP contribution in [0.4, 0.5) is 5.69 Å². The van der Waals surface area contributed by atoms with Gasteiger partial charge in [-0.2, -0.15) is 0 Å². The van der Waals surface area contributed by atoms with Gasteiger partial charge in [-0.3, -0.25) is 4.98 Å². The van der Waals surface area contributed by atoms with Crippen molar-refractivity contribution >= 4 is 5.69 Å². The van der Waals surface area contributed by atoms with Gasteiger partial charge in [-0.05, 0) is 31.4 Å². The largest absolute Gasteiger partial charge is 0.383 e. The van der Waals surface area contributed by atoms with Crippen molar-refractivity contribution in [1.29, 1.82) is 0 Å². The third-order valence-corrected chi connectivity index (χ3v) is 2.51. The first-order chi connectivity index (χ1) is 7.18. The van der Waals surface area contributed by atoms with Gasteiger partial charge in [0.1, 0.15) is 0 Å². The Morgan fingerprint density at radius 1 is 1.13 bits per heavy atom. The number of nitrogens with zero attached hydrogens (tertiary/aromatic N) is 1. The summed E-state index contributed by atoms with van der Waals surface area (Å²) in [6.45, 7) is 6.79. The summed E-state index contributed by atoms with van der Waals surface area (Å²) >= 11 is 0. The second kappa shape index (κ2) is 6.44. The molecule has 0 radical (unpaired) electrons. The first-order valence-electron chi connectivity index (χ1n) is 5.85. The number of nitrogens with one attached hydrogen (secondary N) is 1. The van der Waals surface area contributed by atoms with Gasteiger partial charge >= 0.3 is 0 Å². The summed E-state index contributed by atoms with van der Waals surface area (Å²) in [5, 5.41) is 3.48. The molecular formula is C13H22N2. The molecule has 1 aromatic heterocycles. The number of rotatable bonds is 6. The lowest BCUT2D eigenvalue weighted by atomic mass is 10.0. The van der Waals surface area contributed by atoms with E-state index in [-0.39, 0.29) is 0 Å². The van der Waals surface area contributed by atoms with Crippen molar-refractivity contribution < 1.29 is 0 Å². The first kappa shape index (κ1) is 12.0. The Balaban J connectivity index is 2.21. The molecule has 1 atom stereocenters. The lowest BCUT2D eigenvalue weighted by Crippen LogP contribution is -2.15. The molecule has 2 heteroatoms. The van der Waals surface area contributed by atoms with Gasteiger partial charge < -0.3 is 5.32 Å². The molecule has 0 aliphatic rings. The molecule has 1 rings (SSSR count). The van der Waals surface area contributed by atoms with Crippen LogP contribution >= 0.6 is 0 Å². The van der Waals surface area contributed by atoms with Crippen LogP contribution in [0.5, 0.6) is 0 Å². The normalized spacial score (nSPS) is 12.8. The summed E-state index contributed by atoms with van der Waals surface area (Å²) in [6.07, 6.45) is 7.51. The summed E-state index contributed by atoms with van der Waals surface area (Å²) in [4.78, 5) is 4.00. The quantitative estimate of drug-likeness (QED) is 0.767. The van der Waals surface area contributed by atoms with E-state index in [1.807, 2.05) is 24.5 Å². The molecule has 1 aromatic rings. The van der Waals surface area contributed by atoms with Crippen LogP contribution in [0.25, 0.3) is 0 Å². The molecule has 0 fully saturated rings. The molecule has 0 aromatic carbocycles. The van der Waals surface area contributed by atoms with E-state index < -0.39 is 0 Å². The van der Waals surface area contributed by atoms with Gasteiger partial charge in [0.15, 0.2) is 0 Å². The van der Waals surface area contributed by atoms with Gasteiger partial charge in [0.25, 0.3) is 0 Å². The van der Waals surface area contributed by atoms with Crippen molar-refractivity contribution in [1.82, 2.24) is 4.98 Å². The van der Waals surface area contributed by atoms with Crippen LogP contribution in [0.2, 0.25) is 0 Å². The molecule has 0 aliphatic heterocycles. The molecule has 15 heavy (non-hydrogen) atoms. The fourth-order valence-electron chi connectivity index (χ4n) is 1.64. The second-order valence-electron chi connectivity index (χ2n) is 4.61. The van der Waals surface area contributed by atoms with E-state index in [1.54, 1.807) is 0 Å². The van der Waals surface area contributed by atoms with E-state index in [1.165, 1.54) is 24.9 Å². The van der Waals surface area contributed by atoms with Crippen molar-refractivity contribution in [2.75, 3.05) is 5.32 Å². The minimum atomic E-state index is 0.547. The highest BCUT2D eigenvalue weighted by Crippen LogP contribution is 2.12. The van der Waals surface area contributed by atoms with Crippen LogP contribution in [0.3, 0.4) is 0 Å². The molecule has 1 heterocycles. The smallest absolute Gasteiger partial charge is 0.0373 e. The molecule has 0 saturated heterocycles. The van der Waals surface area contributed by atoms with Crippen LogP contribution in [0.15, 0.2) is 24.5 Å². The fraction of sp³-hybridized carbons (Fsp3) is 0.615. The molecular weight excluding hydrogens is 184 g/mol. The molecule has 1 unspecified atom stereocenters. The third kappa shape index (κ3) is 5.40. The number of aromatic nitrogens is 1. The second-order valence-corrected chi connectivity index (χ2v) is 4.61. The Bertz CT molecular complexity index is 256. The highest BCUT2D eigenvalue weighted by atomic mass is 14.9. The Morgan fingerprint density at radius 2 is 1.80 bits per heavy atom. The summed E-state index contributed by atoms with van der Waals surface area (Å²) < 4.78 is 0. The molecule has 1 N–H and O–H groups in total. The van der Waals surface area contributed by atoms with Gasteiger partial charge in [-0.15, -0.1) is 0 Å². The van der Waals surface area contributed by atoms with E-state index in [0.717, 1.165) is 5.92 Å². The Hall–Kier alpha value is -1.05. The predicted octanol–water partition coefficient (Wildman–Crippen LogP) is 3.71. The van der Waals surface area contributed by atoms with Gasteiger partial charge in [0.2, 0.25) is 0 Å². The lowest BCUT2D eigenvalue weighted by Gasteiger charge is -2.15. The summed E-state index contributed by atoms with van der Waals surface area (Å²) in [5.41, 5.74) is 1.17. The van der Waals surface area contributed by atoms with E-state index in [2.05, 4.69) is 31.1 Å². The molecule has 0 aliphatic carbocycles. The summed E-state index contributed by atoms with van der Waals surface area (Å²) in [6, 6.07) is 4.57. The summed E-state index contributed by atoms with van der Waals surface area (Å²) in [7, 11) is 0. The zero-order valence-electron chi connectivity index (χ0n) is 10.0. The average Bonchev–Trinajstić information content (AvgIpc) is 2.18. The maximum atomic E-state index is 4.00. The Labute approximate surface area is 93.1 Å². The van der Waals surface area contributed by atoms with Crippen molar-refractivity contribution in [2.45, 2.75) is 46.1 Å². The van der Waals surface area contributed by atoms with Gasteiger partial charge in [0, 0.05) is 24.1 Å². The lowest BCUT2D eigenvalue weighted by molar-refractivity contribution is 0.520. The maximum Gasteiger partial charge on any atom is 0.0373 e. The molecule has 0 saturated carbocycles. The number of hydrogen-bond donors (Lipinski definition) is 1. The molecule has 84 valence electrons. The highest BCUT2D eigenvalue weighted by Gasteiger charge is 2.02. The van der Waals surface area contributed by atoms with Crippen LogP contribution < -0.4 is 5.32 Å². The van der Waals surface area contributed by atoms with Gasteiger partial charge in [-0.25, -0.2) is 0 Å². The minimum Gasteiger partial charge on any atom is -0.383 e. The minimum absolute atomic E-state index is 0.547. The van der Waals surface area contributed by atoms with Gasteiger partial charge in [-0.1, -0.05) is 26.7 Å². The monoisotopic (exact) mass is 206 g/mol. The molecule has 2 nitrogen and oxygen atoms in total. The van der Waals surface area contributed by atoms with E-state index >= 15 is 0 Å². The van der Waals surface area contributed by atoms with Crippen LogP contribution in [0.1, 0.15) is 40.0 Å². The van der Waals surface area contributed by atoms with Crippen molar-refractivity contribution in [3.8, 4) is 0 Å². The van der Waals surface area contributed by atoms with Crippen molar-refractivity contribution in [2.24, 2.45) is 5.92 Å². The Morgan fingerprint density at radius 3 is 2.40 bits per heavy atom. The molecule has 0 spiro atoms. The molecule has 0 amide bonds. The fourth-order valence-corrected chi connectivity index (χ4v) is 1.64. The average molecular weight is 206 g/mol. The van der Waals surface area contributed by atoms with Crippen LogP contribution in [0, 0.1) is 5.92 Å². The zero-order chi connectivity index (χ0) is 11.1. The van der Waals surface area contributed by atoms with Crippen molar-refractivity contribution in [3.05, 3.63) is 24.5 Å². The van der Waals surface area contributed by atoms with E-state index in [0.29, 0.717) is 6.04 Å². The van der Waals surface area contributed by atoms with Crippen LogP contribution in [-0.2, 0) is 0 Å². The maximum absolute atomic E-state index is 4.00. The van der Waals surface area contributed by atoms with E-state index in [4.69, 9.17) is 0 Å². The standard InChI is InChI=1S/C13H22N2/c1-11(2)5-4-6-12(3)15-13-7-9-14-10-8-13/h7-12H,4-6H2,1-3H3,(H,14,15). The number of hydrogen-bond acceptors (Lipinski definition) is 2. The summed E-state index contributed by atoms with van der Waals surface area (Å²) in [5.74, 6) is 0.818. The Kier molecular flexibility index (Phi) is 5.16. The SMILES string of the molecule is CC(C)CCCC(C)Nc1ccncc1. The zero-order valence-corrected chi connectivity index (χ0v) is 10.0.